The van der Waals surface area contributed by atoms with Gasteiger partial charge in [0, 0.05) is 23.9 Å². The second-order valence-corrected chi connectivity index (χ2v) is 2.75. The molecule has 2 nitrogen and oxygen atoms in total. The third-order valence-corrected chi connectivity index (χ3v) is 1.49. The van der Waals surface area contributed by atoms with Gasteiger partial charge in [0.1, 0.15) is 0 Å². The highest BCUT2D eigenvalue weighted by Gasteiger charge is 2.08. The summed E-state index contributed by atoms with van der Waals surface area (Å²) < 4.78 is 0. The van der Waals surface area contributed by atoms with Gasteiger partial charge < -0.3 is 0 Å². The molecule has 0 aliphatic rings. The zero-order valence-electron chi connectivity index (χ0n) is 10.7. The summed E-state index contributed by atoms with van der Waals surface area (Å²) in [7, 11) is 0. The summed E-state index contributed by atoms with van der Waals surface area (Å²) in [5, 5.41) is 0. The van der Waals surface area contributed by atoms with E-state index in [4.69, 9.17) is 0 Å². The van der Waals surface area contributed by atoms with Gasteiger partial charge in [-0.25, -0.2) is 0 Å². The van der Waals surface area contributed by atoms with E-state index in [0.717, 1.165) is 5.56 Å². The first-order valence-electron chi connectivity index (χ1n) is 5.66. The van der Waals surface area contributed by atoms with E-state index >= 15 is 0 Å². The Balaban J connectivity index is 0. The number of nitrogens with zero attached hydrogens (tertiary/aromatic N) is 1. The predicted molar refractivity (Wildman–Crippen MR) is 66.1 cm³/mol. The van der Waals surface area contributed by atoms with Crippen LogP contribution in [0.5, 0.6) is 0 Å². The molecule has 2 heteroatoms. The molecule has 86 valence electrons. The minimum absolute atomic E-state index is 0.0670. The van der Waals surface area contributed by atoms with Crippen molar-refractivity contribution in [3.05, 3.63) is 30.1 Å². The van der Waals surface area contributed by atoms with Crippen LogP contribution in [0.15, 0.2) is 24.5 Å². The van der Waals surface area contributed by atoms with Crippen LogP contribution in [0.2, 0.25) is 0 Å². The molecule has 0 aromatic carbocycles. The number of hydrogen-bond donors (Lipinski definition) is 0. The first-order valence-corrected chi connectivity index (χ1v) is 5.66. The standard InChI is InChI=1S/C9H11NO.2C2H6/c1-7(2)9(11)8-3-5-10-6-4-8;2*1-2/h3-7H,1-2H3;2*1-2H3. The Morgan fingerprint density at radius 2 is 1.47 bits per heavy atom. The van der Waals surface area contributed by atoms with Gasteiger partial charge in [-0.15, -0.1) is 0 Å². The molecule has 1 aromatic heterocycles. The Bertz CT molecular complexity index is 242. The molecule has 1 rings (SSSR count). The molecule has 15 heavy (non-hydrogen) atoms. The highest BCUT2D eigenvalue weighted by molar-refractivity contribution is 5.97. The normalized spacial score (nSPS) is 8.20. The van der Waals surface area contributed by atoms with Gasteiger partial charge >= 0.3 is 0 Å². The Kier molecular flexibility index (Phi) is 11.8. The molecule has 0 bridgehead atoms. The van der Waals surface area contributed by atoms with E-state index in [1.54, 1.807) is 24.5 Å². The van der Waals surface area contributed by atoms with Crippen LogP contribution >= 0.6 is 0 Å². The Labute approximate surface area is 93.7 Å². The van der Waals surface area contributed by atoms with Crippen molar-refractivity contribution in [1.29, 1.82) is 0 Å². The summed E-state index contributed by atoms with van der Waals surface area (Å²) >= 11 is 0. The fourth-order valence-corrected chi connectivity index (χ4v) is 0.850. The lowest BCUT2D eigenvalue weighted by molar-refractivity contribution is 0.0939. The van der Waals surface area contributed by atoms with E-state index in [1.165, 1.54) is 0 Å². The minimum Gasteiger partial charge on any atom is -0.294 e. The van der Waals surface area contributed by atoms with Crippen LogP contribution in [-0.4, -0.2) is 10.8 Å². The summed E-state index contributed by atoms with van der Waals surface area (Å²) in [6.45, 7) is 11.8. The molecule has 1 heterocycles. The van der Waals surface area contributed by atoms with Crippen molar-refractivity contribution >= 4 is 5.78 Å². The molecule has 1 aromatic rings. The van der Waals surface area contributed by atoms with E-state index in [2.05, 4.69) is 4.98 Å². The van der Waals surface area contributed by atoms with Gasteiger partial charge in [-0.3, -0.25) is 9.78 Å². The molecule has 0 unspecified atom stereocenters. The summed E-state index contributed by atoms with van der Waals surface area (Å²) in [6.07, 6.45) is 3.27. The smallest absolute Gasteiger partial charge is 0.165 e. The maximum absolute atomic E-state index is 11.3. The molecule has 0 N–H and O–H groups in total. The number of pyridine rings is 1. The molecular formula is C13H23NO. The van der Waals surface area contributed by atoms with Crippen molar-refractivity contribution in [2.45, 2.75) is 41.5 Å². The maximum atomic E-state index is 11.3. The van der Waals surface area contributed by atoms with Crippen LogP contribution in [0.1, 0.15) is 51.9 Å². The summed E-state index contributed by atoms with van der Waals surface area (Å²) in [5.74, 6) is 0.241. The molecule has 0 atom stereocenters. The van der Waals surface area contributed by atoms with Crippen molar-refractivity contribution in [3.63, 3.8) is 0 Å². The lowest BCUT2D eigenvalue weighted by atomic mass is 10.0. The van der Waals surface area contributed by atoms with Gasteiger partial charge in [0.25, 0.3) is 0 Å². The summed E-state index contributed by atoms with van der Waals surface area (Å²) in [4.78, 5) is 15.2. The molecule has 0 saturated carbocycles. The summed E-state index contributed by atoms with van der Waals surface area (Å²) in [6, 6.07) is 3.48. The van der Waals surface area contributed by atoms with Gasteiger partial charge in [-0.2, -0.15) is 0 Å². The van der Waals surface area contributed by atoms with Crippen molar-refractivity contribution in [3.8, 4) is 0 Å². The molecule has 0 aliphatic heterocycles. The number of carbonyl (C=O) groups is 1. The van der Waals surface area contributed by atoms with Crippen LogP contribution in [0.4, 0.5) is 0 Å². The van der Waals surface area contributed by atoms with E-state index in [0.29, 0.717) is 0 Å². The molecule has 0 spiro atoms. The predicted octanol–water partition coefficient (Wildman–Crippen LogP) is 3.97. The average molecular weight is 209 g/mol. The fourth-order valence-electron chi connectivity index (χ4n) is 0.850. The molecular weight excluding hydrogens is 186 g/mol. The lowest BCUT2D eigenvalue weighted by Crippen LogP contribution is -2.06. The van der Waals surface area contributed by atoms with Crippen molar-refractivity contribution in [1.82, 2.24) is 4.98 Å². The van der Waals surface area contributed by atoms with Crippen LogP contribution in [0.3, 0.4) is 0 Å². The number of Topliss-reactive ketones (excluding diaryl/α,β-unsaturated/α-hetero) is 1. The first-order chi connectivity index (χ1) is 7.22. The second kappa shape index (κ2) is 10.9. The Morgan fingerprint density at radius 3 is 1.80 bits per heavy atom. The van der Waals surface area contributed by atoms with Gasteiger partial charge in [-0.05, 0) is 12.1 Å². The monoisotopic (exact) mass is 209 g/mol. The Morgan fingerprint density at radius 1 is 1.07 bits per heavy atom. The number of hydrogen-bond acceptors (Lipinski definition) is 2. The largest absolute Gasteiger partial charge is 0.294 e. The van der Waals surface area contributed by atoms with Gasteiger partial charge in [0.2, 0.25) is 0 Å². The van der Waals surface area contributed by atoms with Crippen LogP contribution in [0.25, 0.3) is 0 Å². The second-order valence-electron chi connectivity index (χ2n) is 2.75. The van der Waals surface area contributed by atoms with E-state index in [-0.39, 0.29) is 11.7 Å². The van der Waals surface area contributed by atoms with Crippen LogP contribution in [-0.2, 0) is 0 Å². The van der Waals surface area contributed by atoms with Crippen molar-refractivity contribution in [2.75, 3.05) is 0 Å². The third-order valence-electron chi connectivity index (χ3n) is 1.49. The van der Waals surface area contributed by atoms with Crippen molar-refractivity contribution in [2.24, 2.45) is 5.92 Å². The van der Waals surface area contributed by atoms with Gasteiger partial charge in [0.05, 0.1) is 0 Å². The third kappa shape index (κ3) is 6.83. The molecule has 0 saturated heterocycles. The van der Waals surface area contributed by atoms with E-state index in [1.807, 2.05) is 41.5 Å². The van der Waals surface area contributed by atoms with Gasteiger partial charge in [-0.1, -0.05) is 41.5 Å². The van der Waals surface area contributed by atoms with Crippen LogP contribution < -0.4 is 0 Å². The molecule has 0 radical (unpaired) electrons. The zero-order valence-corrected chi connectivity index (χ0v) is 10.7. The SMILES string of the molecule is CC.CC.CC(C)C(=O)c1ccncc1. The summed E-state index contributed by atoms with van der Waals surface area (Å²) in [5.41, 5.74) is 0.745. The van der Waals surface area contributed by atoms with E-state index < -0.39 is 0 Å². The minimum atomic E-state index is 0.0670. The maximum Gasteiger partial charge on any atom is 0.165 e. The average Bonchev–Trinajstić information content (AvgIpc) is 2.34. The zero-order chi connectivity index (χ0) is 12.3. The highest BCUT2D eigenvalue weighted by atomic mass is 16.1. The number of carbonyl (C=O) groups excluding carboxylic acids is 1. The van der Waals surface area contributed by atoms with E-state index in [9.17, 15) is 4.79 Å². The highest BCUT2D eigenvalue weighted by Crippen LogP contribution is 2.05. The lowest BCUT2D eigenvalue weighted by Gasteiger charge is -2.01. The fraction of sp³-hybridized carbons (Fsp3) is 0.538. The molecule has 0 amide bonds. The van der Waals surface area contributed by atoms with Crippen LogP contribution in [0, 0.1) is 5.92 Å². The van der Waals surface area contributed by atoms with Crippen molar-refractivity contribution < 1.29 is 4.79 Å². The number of rotatable bonds is 2. The molecule has 0 fully saturated rings. The topological polar surface area (TPSA) is 30.0 Å². The van der Waals surface area contributed by atoms with Gasteiger partial charge in [0.15, 0.2) is 5.78 Å². The number of aromatic nitrogens is 1. The number of ketones is 1. The quantitative estimate of drug-likeness (QED) is 0.690. The molecule has 0 aliphatic carbocycles. The Hall–Kier alpha value is -1.18. The first kappa shape index (κ1) is 16.3.